The summed E-state index contributed by atoms with van der Waals surface area (Å²) in [6.45, 7) is 5.68. The molecule has 1 aromatic heterocycles. The van der Waals surface area contributed by atoms with Crippen molar-refractivity contribution in [2.45, 2.75) is 83.9 Å². The van der Waals surface area contributed by atoms with Crippen molar-refractivity contribution < 1.29 is 41.7 Å². The third kappa shape index (κ3) is 12.4. The van der Waals surface area contributed by atoms with Crippen LogP contribution in [0.2, 0.25) is 0 Å². The third-order valence-corrected chi connectivity index (χ3v) is 10.2. The van der Waals surface area contributed by atoms with Crippen LogP contribution in [0.15, 0.2) is 42.5 Å². The van der Waals surface area contributed by atoms with Gasteiger partial charge in [0.25, 0.3) is 0 Å². The summed E-state index contributed by atoms with van der Waals surface area (Å²) in [5, 5.41) is 3.07. The summed E-state index contributed by atoms with van der Waals surface area (Å²) in [6.07, 6.45) is 2.98. The molecule has 1 aliphatic carbocycles. The average molecular weight is 769 g/mol. The molecule has 0 spiro atoms. The second-order valence-corrected chi connectivity index (χ2v) is 14.6. The standard InChI is InChI=1S/C40H51F3N6O6/c1-2-52-38(51)49-20-5-6-22-54-34-24-30(10-13-32(34)33(50)14-15-39(16-17-39)27-48-18-3-4-19-48)25-35-45-36(47-37(46-35)55-28-40(41,42)43)44-26-29-8-11-31(12-9-29)53-23-7-21-49/h8-13,24H,2-7,14-23,25-28H2,1H3,(H,44,45,46,47). The number of hydrogen-bond donors (Lipinski definition) is 1. The molecule has 2 aromatic carbocycles. The molecule has 12 nitrogen and oxygen atoms in total. The summed E-state index contributed by atoms with van der Waals surface area (Å²) in [5.74, 6) is 1.32. The van der Waals surface area contributed by atoms with Crippen molar-refractivity contribution in [1.29, 1.82) is 0 Å². The van der Waals surface area contributed by atoms with E-state index in [4.69, 9.17) is 18.9 Å². The molecule has 0 atom stereocenters. The van der Waals surface area contributed by atoms with Crippen molar-refractivity contribution in [2.75, 3.05) is 64.5 Å². The lowest BCUT2D eigenvalue weighted by Crippen LogP contribution is -2.34. The highest BCUT2D eigenvalue weighted by Crippen LogP contribution is 2.50. The lowest BCUT2D eigenvalue weighted by atomic mass is 9.94. The second kappa shape index (κ2) is 18.8. The molecule has 4 aliphatic rings. The van der Waals surface area contributed by atoms with Crippen LogP contribution in [0.1, 0.15) is 92.0 Å². The number of rotatable bonds is 9. The van der Waals surface area contributed by atoms with Crippen LogP contribution in [0.25, 0.3) is 0 Å². The van der Waals surface area contributed by atoms with Gasteiger partial charge in [0.05, 0.1) is 25.4 Å². The maximum atomic E-state index is 13.8. The number of carbonyl (C=O) groups excluding carboxylic acids is 2. The zero-order chi connectivity index (χ0) is 38.7. The number of likely N-dealkylation sites (tertiary alicyclic amines) is 1. The van der Waals surface area contributed by atoms with Crippen LogP contribution in [0.5, 0.6) is 17.5 Å². The molecule has 2 fully saturated rings. The first-order valence-electron chi connectivity index (χ1n) is 19.4. The minimum absolute atomic E-state index is 0.00436. The summed E-state index contributed by atoms with van der Waals surface area (Å²) in [6, 6.07) is 12.2. The summed E-state index contributed by atoms with van der Waals surface area (Å²) in [4.78, 5) is 43.5. The molecular formula is C40H51F3N6O6. The van der Waals surface area contributed by atoms with Crippen LogP contribution in [0.4, 0.5) is 23.9 Å². The van der Waals surface area contributed by atoms with E-state index in [1.807, 2.05) is 24.3 Å². The topological polar surface area (TPSA) is 128 Å². The number of ketones is 1. The lowest BCUT2D eigenvalue weighted by molar-refractivity contribution is -0.154. The number of carbonyl (C=O) groups is 2. The molecule has 6 bridgehead atoms. The fourth-order valence-electron chi connectivity index (χ4n) is 6.99. The van der Waals surface area contributed by atoms with Crippen LogP contribution < -0.4 is 19.5 Å². The highest BCUT2D eigenvalue weighted by atomic mass is 19.4. The van der Waals surface area contributed by atoms with Gasteiger partial charge in [-0.15, -0.1) is 0 Å². The Hall–Kier alpha value is -4.66. The van der Waals surface area contributed by atoms with Gasteiger partial charge >= 0.3 is 18.3 Å². The van der Waals surface area contributed by atoms with E-state index >= 15 is 0 Å². The highest BCUT2D eigenvalue weighted by Gasteiger charge is 2.44. The molecule has 3 aliphatic heterocycles. The molecular weight excluding hydrogens is 717 g/mol. The van der Waals surface area contributed by atoms with Gasteiger partial charge < -0.3 is 34.1 Å². The van der Waals surface area contributed by atoms with Crippen molar-refractivity contribution in [3.05, 3.63) is 65.0 Å². The largest absolute Gasteiger partial charge is 0.494 e. The van der Waals surface area contributed by atoms with Crippen molar-refractivity contribution in [3.63, 3.8) is 0 Å². The minimum Gasteiger partial charge on any atom is -0.494 e. The van der Waals surface area contributed by atoms with Crippen LogP contribution >= 0.6 is 0 Å². The number of amides is 1. The number of alkyl halides is 3. The number of ether oxygens (including phenoxy) is 4. The Bertz CT molecular complexity index is 1730. The Labute approximate surface area is 320 Å². The van der Waals surface area contributed by atoms with Crippen LogP contribution in [0, 0.1) is 5.41 Å². The van der Waals surface area contributed by atoms with E-state index in [1.54, 1.807) is 30.0 Å². The number of nitrogens with zero attached hydrogens (tertiary/aromatic N) is 5. The highest BCUT2D eigenvalue weighted by molar-refractivity contribution is 5.98. The summed E-state index contributed by atoms with van der Waals surface area (Å²) in [7, 11) is 0. The van der Waals surface area contributed by atoms with Crippen molar-refractivity contribution in [2.24, 2.45) is 5.41 Å². The van der Waals surface area contributed by atoms with Gasteiger partial charge in [0.1, 0.15) is 17.3 Å². The predicted molar refractivity (Wildman–Crippen MR) is 199 cm³/mol. The van der Waals surface area contributed by atoms with Gasteiger partial charge in [-0.2, -0.15) is 28.1 Å². The molecule has 1 amide bonds. The number of nitrogens with one attached hydrogen (secondary N) is 1. The Morgan fingerprint density at radius 2 is 1.62 bits per heavy atom. The van der Waals surface area contributed by atoms with Gasteiger partial charge in [0.2, 0.25) is 5.95 Å². The molecule has 0 radical (unpaired) electrons. The quantitative estimate of drug-likeness (QED) is 0.221. The number of hydrogen-bond acceptors (Lipinski definition) is 11. The van der Waals surface area contributed by atoms with Gasteiger partial charge in [0.15, 0.2) is 12.4 Å². The van der Waals surface area contributed by atoms with E-state index in [2.05, 4.69) is 25.2 Å². The van der Waals surface area contributed by atoms with E-state index in [0.29, 0.717) is 74.6 Å². The zero-order valence-corrected chi connectivity index (χ0v) is 31.5. The lowest BCUT2D eigenvalue weighted by Gasteiger charge is -2.23. The van der Waals surface area contributed by atoms with Gasteiger partial charge in [-0.05, 0) is 112 Å². The Morgan fingerprint density at radius 1 is 0.891 bits per heavy atom. The van der Waals surface area contributed by atoms with Gasteiger partial charge in [0, 0.05) is 39.0 Å². The number of aromatic nitrogens is 3. The molecule has 4 heterocycles. The molecule has 55 heavy (non-hydrogen) atoms. The molecule has 298 valence electrons. The fraction of sp³-hybridized carbons (Fsp3) is 0.575. The number of fused-ring (bicyclic) bond motifs is 12. The zero-order valence-electron chi connectivity index (χ0n) is 31.5. The smallest absolute Gasteiger partial charge is 0.422 e. The third-order valence-electron chi connectivity index (χ3n) is 10.2. The summed E-state index contributed by atoms with van der Waals surface area (Å²) >= 11 is 0. The number of Topliss-reactive ketones (excluding diaryl/α,β-unsaturated/α-hetero) is 1. The second-order valence-electron chi connectivity index (χ2n) is 14.6. The fourth-order valence-corrected chi connectivity index (χ4v) is 6.99. The van der Waals surface area contributed by atoms with Crippen molar-refractivity contribution in [3.8, 4) is 17.5 Å². The average Bonchev–Trinajstić information content (AvgIpc) is 3.73. The summed E-state index contributed by atoms with van der Waals surface area (Å²) < 4.78 is 61.7. The van der Waals surface area contributed by atoms with Crippen LogP contribution in [-0.4, -0.2) is 102 Å². The first-order chi connectivity index (χ1) is 26.6. The maximum Gasteiger partial charge on any atom is 0.422 e. The van der Waals surface area contributed by atoms with E-state index in [9.17, 15) is 22.8 Å². The SMILES string of the molecule is CCOC(=O)N1CCCCOc2cc(ccc2C(=O)CCC2(CN3CCCC3)CC2)Cc2nc(nc(OCC(F)(F)F)n2)NCc2ccc(cc2)OCCC1. The minimum atomic E-state index is -4.58. The Balaban J connectivity index is 1.23. The molecule has 7 rings (SSSR count). The monoisotopic (exact) mass is 768 g/mol. The number of benzene rings is 2. The number of halogens is 3. The van der Waals surface area contributed by atoms with Crippen molar-refractivity contribution >= 4 is 17.8 Å². The van der Waals surface area contributed by atoms with E-state index in [-0.39, 0.29) is 48.6 Å². The van der Waals surface area contributed by atoms with Crippen molar-refractivity contribution in [1.82, 2.24) is 24.8 Å². The van der Waals surface area contributed by atoms with Crippen LogP contribution in [-0.2, 0) is 17.7 Å². The van der Waals surface area contributed by atoms with E-state index in [0.717, 1.165) is 44.5 Å². The van der Waals surface area contributed by atoms with Crippen LogP contribution in [0.3, 0.4) is 0 Å². The number of anilines is 1. The summed E-state index contributed by atoms with van der Waals surface area (Å²) in [5.41, 5.74) is 2.23. The molecule has 1 saturated heterocycles. The van der Waals surface area contributed by atoms with E-state index in [1.165, 1.54) is 12.8 Å². The maximum absolute atomic E-state index is 13.8. The first-order valence-corrected chi connectivity index (χ1v) is 19.4. The first kappa shape index (κ1) is 40.0. The molecule has 0 unspecified atom stereocenters. The normalized spacial score (nSPS) is 18.1. The van der Waals surface area contributed by atoms with Gasteiger partial charge in [-0.3, -0.25) is 4.79 Å². The molecule has 1 saturated carbocycles. The van der Waals surface area contributed by atoms with E-state index < -0.39 is 18.8 Å². The Kier molecular flexibility index (Phi) is 13.7. The molecule has 1 N–H and O–H groups in total. The van der Waals surface area contributed by atoms with Gasteiger partial charge in [-0.25, -0.2) is 4.79 Å². The predicted octanol–water partition coefficient (Wildman–Crippen LogP) is 7.25. The molecule has 3 aromatic rings. The Morgan fingerprint density at radius 3 is 2.36 bits per heavy atom. The van der Waals surface area contributed by atoms with Gasteiger partial charge in [-0.1, -0.05) is 18.2 Å². The molecule has 15 heteroatoms.